The number of alkyl halides is 3. The molecule has 2 aromatic carbocycles. The molecule has 3 heterocycles. The molecule has 2 aromatic heterocycles. The van der Waals surface area contributed by atoms with Gasteiger partial charge in [0.1, 0.15) is 11.5 Å². The first-order valence-electron chi connectivity index (χ1n) is 12.2. The van der Waals surface area contributed by atoms with Crippen LogP contribution in [0.3, 0.4) is 0 Å². The molecule has 6 nitrogen and oxygen atoms in total. The molecule has 11 heteroatoms. The van der Waals surface area contributed by atoms with Crippen LogP contribution in [0.2, 0.25) is 0 Å². The van der Waals surface area contributed by atoms with E-state index in [1.165, 1.54) is 22.8 Å². The third-order valence-corrected chi connectivity index (χ3v) is 8.05. The summed E-state index contributed by atoms with van der Waals surface area (Å²) in [6.45, 7) is 3.59. The summed E-state index contributed by atoms with van der Waals surface area (Å²) in [7, 11) is 0. The maximum atomic E-state index is 13.7. The summed E-state index contributed by atoms with van der Waals surface area (Å²) < 4.78 is 52.4. The summed E-state index contributed by atoms with van der Waals surface area (Å²) in [5.41, 5.74) is 0.563. The number of thioether (sulfide) groups is 1. The summed E-state index contributed by atoms with van der Waals surface area (Å²) in [6.07, 6.45) is -0.996. The van der Waals surface area contributed by atoms with Crippen LogP contribution < -0.4 is 14.9 Å². The molecule has 40 heavy (non-hydrogen) atoms. The number of aromatic nitrogens is 1. The molecule has 0 N–H and O–H groups in total. The van der Waals surface area contributed by atoms with E-state index in [0.717, 1.165) is 33.9 Å². The van der Waals surface area contributed by atoms with Gasteiger partial charge >= 0.3 is 12.1 Å². The van der Waals surface area contributed by atoms with Crippen LogP contribution in [0.4, 0.5) is 13.2 Å². The van der Waals surface area contributed by atoms with Crippen LogP contribution in [0.5, 0.6) is 0 Å². The Kier molecular flexibility index (Phi) is 7.61. The summed E-state index contributed by atoms with van der Waals surface area (Å²) >= 11 is 2.71. The van der Waals surface area contributed by atoms with Crippen molar-refractivity contribution in [3.63, 3.8) is 0 Å². The van der Waals surface area contributed by atoms with Gasteiger partial charge in [0.25, 0.3) is 5.56 Å². The minimum atomic E-state index is -4.48. The number of ether oxygens (including phenoxy) is 1. The number of nitrogens with zero attached hydrogens (tertiary/aromatic N) is 2. The zero-order valence-corrected chi connectivity index (χ0v) is 23.2. The van der Waals surface area contributed by atoms with E-state index in [1.54, 1.807) is 37.7 Å². The maximum Gasteiger partial charge on any atom is 0.416 e. The Morgan fingerprint density at radius 1 is 1.18 bits per heavy atom. The van der Waals surface area contributed by atoms with Gasteiger partial charge in [-0.05, 0) is 62.1 Å². The second-order valence-corrected chi connectivity index (χ2v) is 10.7. The van der Waals surface area contributed by atoms with E-state index in [2.05, 4.69) is 4.99 Å². The molecule has 1 aliphatic heterocycles. The SMILES string of the molecule is CCOC(=O)C1=C(C)N=c2sc(=Cc3ccc(-c4cccc(C(F)(F)F)c4)o3)c(=O)n2C1c1ccc(SC)cc1. The normalized spacial score (nSPS) is 15.7. The predicted molar refractivity (Wildman–Crippen MR) is 148 cm³/mol. The molecule has 4 aromatic rings. The zero-order chi connectivity index (χ0) is 28.6. The van der Waals surface area contributed by atoms with Crippen LogP contribution in [0.1, 0.15) is 36.8 Å². The lowest BCUT2D eigenvalue weighted by Crippen LogP contribution is -2.39. The highest BCUT2D eigenvalue weighted by Crippen LogP contribution is 2.33. The largest absolute Gasteiger partial charge is 0.463 e. The lowest BCUT2D eigenvalue weighted by molar-refractivity contribution is -0.139. The first-order chi connectivity index (χ1) is 19.1. The highest BCUT2D eigenvalue weighted by atomic mass is 32.2. The van der Waals surface area contributed by atoms with Crippen LogP contribution >= 0.6 is 23.1 Å². The van der Waals surface area contributed by atoms with Crippen molar-refractivity contribution in [3.05, 3.63) is 109 Å². The minimum Gasteiger partial charge on any atom is -0.463 e. The number of esters is 1. The van der Waals surface area contributed by atoms with Gasteiger partial charge in [-0.1, -0.05) is 35.6 Å². The Hall–Kier alpha value is -3.83. The standard InChI is InChI=1S/C29H23F3N2O4S2/c1-4-37-27(36)24-16(2)33-28-34(25(24)17-8-11-21(39-3)12-9-17)26(35)23(40-28)15-20-10-13-22(38-20)18-6-5-7-19(14-18)29(30,31)32/h5-15,25H,4H2,1-3H3. The van der Waals surface area contributed by atoms with Gasteiger partial charge in [-0.3, -0.25) is 9.36 Å². The van der Waals surface area contributed by atoms with E-state index in [-0.39, 0.29) is 29.1 Å². The maximum absolute atomic E-state index is 13.7. The van der Waals surface area contributed by atoms with Crippen LogP contribution in [0.25, 0.3) is 17.4 Å². The molecule has 0 radical (unpaired) electrons. The number of furan rings is 1. The smallest absolute Gasteiger partial charge is 0.416 e. The van der Waals surface area contributed by atoms with Crippen molar-refractivity contribution in [2.75, 3.05) is 12.9 Å². The Labute approximate surface area is 235 Å². The monoisotopic (exact) mass is 584 g/mol. The number of allylic oxidation sites excluding steroid dienone is 1. The van der Waals surface area contributed by atoms with Crippen LogP contribution in [0.15, 0.2) is 91.0 Å². The molecular weight excluding hydrogens is 561 g/mol. The Morgan fingerprint density at radius 2 is 1.93 bits per heavy atom. The first-order valence-corrected chi connectivity index (χ1v) is 14.3. The second kappa shape index (κ2) is 11.0. The molecule has 5 rings (SSSR count). The van der Waals surface area contributed by atoms with Gasteiger partial charge in [0.15, 0.2) is 4.80 Å². The van der Waals surface area contributed by atoms with Gasteiger partial charge in [-0.25, -0.2) is 9.79 Å². The summed E-state index contributed by atoms with van der Waals surface area (Å²) in [5.74, 6) is -0.0223. The Balaban J connectivity index is 1.60. The number of thiazole rings is 1. The first kappa shape index (κ1) is 27.7. The second-order valence-electron chi connectivity index (χ2n) is 8.86. The van der Waals surface area contributed by atoms with Gasteiger partial charge in [-0.2, -0.15) is 13.2 Å². The van der Waals surface area contributed by atoms with Gasteiger partial charge in [0.2, 0.25) is 0 Å². The number of benzene rings is 2. The van der Waals surface area contributed by atoms with E-state index in [1.807, 2.05) is 30.5 Å². The molecule has 0 bridgehead atoms. The van der Waals surface area contributed by atoms with E-state index < -0.39 is 23.8 Å². The van der Waals surface area contributed by atoms with Gasteiger partial charge in [0, 0.05) is 16.5 Å². The molecule has 0 saturated carbocycles. The van der Waals surface area contributed by atoms with E-state index in [4.69, 9.17) is 9.15 Å². The van der Waals surface area contributed by atoms with Crippen LogP contribution in [-0.4, -0.2) is 23.4 Å². The third-order valence-electron chi connectivity index (χ3n) is 6.32. The number of rotatable bonds is 6. The van der Waals surface area contributed by atoms with Crippen molar-refractivity contribution in [1.82, 2.24) is 4.57 Å². The molecule has 1 aliphatic rings. The number of halogens is 3. The summed E-state index contributed by atoms with van der Waals surface area (Å²) in [5, 5.41) is 0. The molecular formula is C29H23F3N2O4S2. The highest BCUT2D eigenvalue weighted by molar-refractivity contribution is 7.98. The molecule has 0 amide bonds. The van der Waals surface area contributed by atoms with E-state index in [0.29, 0.717) is 20.8 Å². The predicted octanol–water partition coefficient (Wildman–Crippen LogP) is 5.80. The average molecular weight is 585 g/mol. The average Bonchev–Trinajstić information content (AvgIpc) is 3.52. The summed E-state index contributed by atoms with van der Waals surface area (Å²) in [4.78, 5) is 32.7. The fraction of sp³-hybridized carbons (Fsp3) is 0.207. The molecule has 206 valence electrons. The van der Waals surface area contributed by atoms with Crippen molar-refractivity contribution < 1.29 is 27.1 Å². The van der Waals surface area contributed by atoms with E-state index in [9.17, 15) is 22.8 Å². The fourth-order valence-electron chi connectivity index (χ4n) is 4.46. The minimum absolute atomic E-state index is 0.171. The molecule has 0 spiro atoms. The lowest BCUT2D eigenvalue weighted by Gasteiger charge is -2.24. The highest BCUT2D eigenvalue weighted by Gasteiger charge is 2.33. The Morgan fingerprint density at radius 3 is 2.60 bits per heavy atom. The van der Waals surface area contributed by atoms with Gasteiger partial charge in [0.05, 0.1) is 34.0 Å². The van der Waals surface area contributed by atoms with Crippen molar-refractivity contribution in [1.29, 1.82) is 0 Å². The van der Waals surface area contributed by atoms with Crippen LogP contribution in [-0.2, 0) is 15.7 Å². The molecule has 0 fully saturated rings. The number of hydrogen-bond donors (Lipinski definition) is 0. The fourth-order valence-corrected chi connectivity index (χ4v) is 5.89. The van der Waals surface area contributed by atoms with Crippen LogP contribution in [0, 0.1) is 0 Å². The van der Waals surface area contributed by atoms with Gasteiger partial charge in [-0.15, -0.1) is 11.8 Å². The molecule has 0 aliphatic carbocycles. The summed E-state index contributed by atoms with van der Waals surface area (Å²) in [6, 6.07) is 14.8. The molecule has 1 atom stereocenters. The third kappa shape index (κ3) is 5.31. The topological polar surface area (TPSA) is 73.8 Å². The Bertz CT molecular complexity index is 1800. The van der Waals surface area contributed by atoms with Crippen molar-refractivity contribution >= 4 is 35.1 Å². The number of carbonyl (C=O) groups excluding carboxylic acids is 1. The van der Waals surface area contributed by atoms with Crippen molar-refractivity contribution in [2.24, 2.45) is 4.99 Å². The van der Waals surface area contributed by atoms with Gasteiger partial charge < -0.3 is 9.15 Å². The molecule has 0 saturated heterocycles. The van der Waals surface area contributed by atoms with Crippen molar-refractivity contribution in [2.45, 2.75) is 31.0 Å². The molecule has 1 unspecified atom stereocenters. The number of hydrogen-bond acceptors (Lipinski definition) is 7. The van der Waals surface area contributed by atoms with Crippen molar-refractivity contribution in [3.8, 4) is 11.3 Å². The number of fused-ring (bicyclic) bond motifs is 1. The zero-order valence-electron chi connectivity index (χ0n) is 21.6. The quantitative estimate of drug-likeness (QED) is 0.212. The lowest BCUT2D eigenvalue weighted by atomic mass is 9.96. The number of carbonyl (C=O) groups is 1. The van der Waals surface area contributed by atoms with E-state index >= 15 is 0 Å².